The monoisotopic (exact) mass is 278 g/mol. The van der Waals surface area contributed by atoms with Crippen molar-refractivity contribution in [1.29, 1.82) is 0 Å². The number of ether oxygens (including phenoxy) is 1. The van der Waals surface area contributed by atoms with Gasteiger partial charge in [-0.1, -0.05) is 11.6 Å². The summed E-state index contributed by atoms with van der Waals surface area (Å²) in [6, 6.07) is 10.8. The molecule has 0 unspecified atom stereocenters. The number of hydrogen-bond acceptors (Lipinski definition) is 4. The minimum absolute atomic E-state index is 0.515. The molecule has 2 aromatic rings. The molecule has 0 bridgehead atoms. The lowest BCUT2D eigenvalue weighted by Gasteiger charge is -1.96. The molecular formula is C13H11ClN2O3. The van der Waals surface area contributed by atoms with E-state index in [4.69, 9.17) is 16.0 Å². The molecule has 19 heavy (non-hydrogen) atoms. The van der Waals surface area contributed by atoms with Gasteiger partial charge in [-0.15, -0.1) is 0 Å². The summed E-state index contributed by atoms with van der Waals surface area (Å²) in [6.45, 7) is 0. The van der Waals surface area contributed by atoms with Gasteiger partial charge in [0.1, 0.15) is 11.5 Å². The van der Waals surface area contributed by atoms with Crippen LogP contribution < -0.4 is 5.43 Å². The van der Waals surface area contributed by atoms with Crippen LogP contribution in [-0.4, -0.2) is 19.4 Å². The number of furan rings is 1. The first-order valence-corrected chi connectivity index (χ1v) is 5.79. The van der Waals surface area contributed by atoms with Gasteiger partial charge in [-0.3, -0.25) is 0 Å². The number of amides is 1. The summed E-state index contributed by atoms with van der Waals surface area (Å²) in [4.78, 5) is 10.8. The normalized spacial score (nSPS) is 10.6. The van der Waals surface area contributed by atoms with Gasteiger partial charge in [0.2, 0.25) is 0 Å². The van der Waals surface area contributed by atoms with Crippen molar-refractivity contribution in [3.05, 3.63) is 47.2 Å². The fourth-order valence-corrected chi connectivity index (χ4v) is 1.51. The molecule has 98 valence electrons. The van der Waals surface area contributed by atoms with Crippen LogP contribution >= 0.6 is 11.6 Å². The lowest BCUT2D eigenvalue weighted by molar-refractivity contribution is 0.171. The van der Waals surface area contributed by atoms with E-state index in [2.05, 4.69) is 15.3 Å². The molecule has 0 aliphatic heterocycles. The van der Waals surface area contributed by atoms with Crippen LogP contribution in [0.3, 0.4) is 0 Å². The Kier molecular flexibility index (Phi) is 4.20. The minimum Gasteiger partial charge on any atom is -0.455 e. The van der Waals surface area contributed by atoms with E-state index in [0.29, 0.717) is 16.5 Å². The molecule has 1 amide bonds. The Hall–Kier alpha value is -2.27. The van der Waals surface area contributed by atoms with Gasteiger partial charge in [-0.2, -0.15) is 5.10 Å². The summed E-state index contributed by atoms with van der Waals surface area (Å²) in [5.74, 6) is 1.21. The Labute approximate surface area is 114 Å². The van der Waals surface area contributed by atoms with Crippen LogP contribution in [-0.2, 0) is 4.74 Å². The van der Waals surface area contributed by atoms with Crippen molar-refractivity contribution in [2.45, 2.75) is 0 Å². The van der Waals surface area contributed by atoms with Crippen LogP contribution in [0, 0.1) is 0 Å². The van der Waals surface area contributed by atoms with Crippen LogP contribution in [0.4, 0.5) is 4.79 Å². The maximum atomic E-state index is 10.8. The zero-order chi connectivity index (χ0) is 13.7. The number of halogens is 1. The third-order valence-corrected chi connectivity index (χ3v) is 2.54. The second-order valence-corrected chi connectivity index (χ2v) is 4.01. The molecule has 0 spiro atoms. The van der Waals surface area contributed by atoms with E-state index in [9.17, 15) is 4.79 Å². The van der Waals surface area contributed by atoms with Crippen LogP contribution in [0.1, 0.15) is 5.76 Å². The number of benzene rings is 1. The van der Waals surface area contributed by atoms with Crippen LogP contribution in [0.2, 0.25) is 5.02 Å². The molecule has 0 aliphatic rings. The van der Waals surface area contributed by atoms with Gasteiger partial charge in [-0.25, -0.2) is 10.2 Å². The van der Waals surface area contributed by atoms with Crippen LogP contribution in [0.15, 0.2) is 45.9 Å². The summed E-state index contributed by atoms with van der Waals surface area (Å²) in [5.41, 5.74) is 3.08. The van der Waals surface area contributed by atoms with E-state index in [1.54, 1.807) is 18.2 Å². The molecule has 2 rings (SSSR count). The number of carbonyl (C=O) groups excluding carboxylic acids is 1. The maximum Gasteiger partial charge on any atom is 0.427 e. The van der Waals surface area contributed by atoms with Gasteiger partial charge in [0, 0.05) is 10.6 Å². The van der Waals surface area contributed by atoms with E-state index < -0.39 is 6.09 Å². The van der Waals surface area contributed by atoms with Crippen molar-refractivity contribution in [2.75, 3.05) is 7.11 Å². The number of rotatable bonds is 3. The average molecular weight is 279 g/mol. The highest BCUT2D eigenvalue weighted by Gasteiger charge is 2.03. The lowest BCUT2D eigenvalue weighted by Crippen LogP contribution is -2.16. The standard InChI is InChI=1S/C13H11ClN2O3/c1-18-13(17)16-15-8-11-6-7-12(19-11)9-2-4-10(14)5-3-9/h2-8H,1H3,(H,16,17). The molecule has 0 aliphatic carbocycles. The summed E-state index contributed by atoms with van der Waals surface area (Å²) in [6.07, 6.45) is 0.747. The topological polar surface area (TPSA) is 63.8 Å². The molecule has 6 heteroatoms. The van der Waals surface area contributed by atoms with Crippen molar-refractivity contribution in [1.82, 2.24) is 5.43 Å². The predicted molar refractivity (Wildman–Crippen MR) is 72.3 cm³/mol. The summed E-state index contributed by atoms with van der Waals surface area (Å²) < 4.78 is 9.91. The van der Waals surface area contributed by atoms with Crippen molar-refractivity contribution < 1.29 is 13.9 Å². The molecule has 5 nitrogen and oxygen atoms in total. The number of hydrazone groups is 1. The van der Waals surface area contributed by atoms with Gasteiger partial charge in [-0.05, 0) is 36.4 Å². The molecule has 0 atom stereocenters. The largest absolute Gasteiger partial charge is 0.455 e. The summed E-state index contributed by atoms with van der Waals surface area (Å²) in [5, 5.41) is 4.34. The maximum absolute atomic E-state index is 10.8. The highest BCUT2D eigenvalue weighted by atomic mass is 35.5. The zero-order valence-corrected chi connectivity index (χ0v) is 10.8. The summed E-state index contributed by atoms with van der Waals surface area (Å²) in [7, 11) is 1.26. The molecular weight excluding hydrogens is 268 g/mol. The number of nitrogens with one attached hydrogen (secondary N) is 1. The molecule has 0 saturated heterocycles. The van der Waals surface area contributed by atoms with Gasteiger partial charge < -0.3 is 9.15 Å². The highest BCUT2D eigenvalue weighted by Crippen LogP contribution is 2.23. The molecule has 1 aromatic carbocycles. The first-order chi connectivity index (χ1) is 9.19. The number of nitrogens with zero attached hydrogens (tertiary/aromatic N) is 1. The fourth-order valence-electron chi connectivity index (χ4n) is 1.39. The van der Waals surface area contributed by atoms with E-state index in [1.165, 1.54) is 13.3 Å². The third-order valence-electron chi connectivity index (χ3n) is 2.29. The first kappa shape index (κ1) is 13.2. The average Bonchev–Trinajstić information content (AvgIpc) is 2.88. The molecule has 1 heterocycles. The minimum atomic E-state index is -0.638. The van der Waals surface area contributed by atoms with Gasteiger partial charge in [0.15, 0.2) is 0 Å². The van der Waals surface area contributed by atoms with E-state index >= 15 is 0 Å². The second kappa shape index (κ2) is 6.06. The SMILES string of the molecule is COC(=O)NN=Cc1ccc(-c2ccc(Cl)cc2)o1. The van der Waals surface area contributed by atoms with Crippen LogP contribution in [0.25, 0.3) is 11.3 Å². The van der Waals surface area contributed by atoms with Crippen molar-refractivity contribution in [2.24, 2.45) is 5.10 Å². The lowest BCUT2D eigenvalue weighted by atomic mass is 10.2. The molecule has 0 saturated carbocycles. The highest BCUT2D eigenvalue weighted by molar-refractivity contribution is 6.30. The number of methoxy groups -OCH3 is 1. The zero-order valence-electron chi connectivity index (χ0n) is 10.1. The Morgan fingerprint density at radius 1 is 1.32 bits per heavy atom. The van der Waals surface area contributed by atoms with E-state index in [0.717, 1.165) is 5.56 Å². The smallest absolute Gasteiger partial charge is 0.427 e. The van der Waals surface area contributed by atoms with E-state index in [1.807, 2.05) is 18.2 Å². The van der Waals surface area contributed by atoms with Gasteiger partial charge in [0.25, 0.3) is 0 Å². The Morgan fingerprint density at radius 2 is 2.05 bits per heavy atom. The Balaban J connectivity index is 2.06. The van der Waals surface area contributed by atoms with Crippen LogP contribution in [0.5, 0.6) is 0 Å². The molecule has 1 aromatic heterocycles. The van der Waals surface area contributed by atoms with Gasteiger partial charge in [0.05, 0.1) is 13.3 Å². The predicted octanol–water partition coefficient (Wildman–Crippen LogP) is 3.29. The molecule has 0 radical (unpaired) electrons. The third kappa shape index (κ3) is 3.59. The Bertz CT molecular complexity index is 590. The molecule has 0 fully saturated rings. The molecule has 1 N–H and O–H groups in total. The Morgan fingerprint density at radius 3 is 2.74 bits per heavy atom. The quantitative estimate of drug-likeness (QED) is 0.692. The van der Waals surface area contributed by atoms with Crippen molar-refractivity contribution in [3.63, 3.8) is 0 Å². The summed E-state index contributed by atoms with van der Waals surface area (Å²) >= 11 is 5.81. The number of carbonyl (C=O) groups is 1. The first-order valence-electron chi connectivity index (χ1n) is 5.42. The van der Waals surface area contributed by atoms with E-state index in [-0.39, 0.29) is 0 Å². The van der Waals surface area contributed by atoms with Gasteiger partial charge >= 0.3 is 6.09 Å². The van der Waals surface area contributed by atoms with Crippen molar-refractivity contribution in [3.8, 4) is 11.3 Å². The second-order valence-electron chi connectivity index (χ2n) is 3.57. The van der Waals surface area contributed by atoms with Crippen molar-refractivity contribution >= 4 is 23.9 Å². The fraction of sp³-hybridized carbons (Fsp3) is 0.0769. The number of hydrogen-bond donors (Lipinski definition) is 1.